The minimum atomic E-state index is -0.103. The lowest BCUT2D eigenvalue weighted by atomic mass is 10.0. The standard InChI is InChI=1S/C26H34N2O4/c1-3-17-32-22-11-9-20(10-12-22)25(29)13-14-26(30)27-19-24(28-15-4-5-16-28)21-7-6-8-23(18-21)31-2/h6-12,18,24H,3-5,13-17,19H2,1-2H3,(H,27,30). The van der Waals surface area contributed by atoms with Crippen LogP contribution in [0.15, 0.2) is 48.5 Å². The number of carbonyl (C=O) groups excluding carboxylic acids is 2. The number of carbonyl (C=O) groups is 2. The van der Waals surface area contributed by atoms with E-state index in [0.29, 0.717) is 18.7 Å². The van der Waals surface area contributed by atoms with Crippen LogP contribution in [0.25, 0.3) is 0 Å². The van der Waals surface area contributed by atoms with Crippen LogP contribution in [-0.2, 0) is 4.79 Å². The summed E-state index contributed by atoms with van der Waals surface area (Å²) in [5, 5.41) is 3.04. The Labute approximate surface area is 190 Å². The highest BCUT2D eigenvalue weighted by atomic mass is 16.5. The lowest BCUT2D eigenvalue weighted by molar-refractivity contribution is -0.121. The second-order valence-corrected chi connectivity index (χ2v) is 8.14. The van der Waals surface area contributed by atoms with Crippen molar-refractivity contribution in [1.29, 1.82) is 0 Å². The second kappa shape index (κ2) is 12.2. The van der Waals surface area contributed by atoms with Crippen LogP contribution in [0.3, 0.4) is 0 Å². The molecule has 6 heteroatoms. The fourth-order valence-corrected chi connectivity index (χ4v) is 3.99. The van der Waals surface area contributed by atoms with Crippen LogP contribution in [-0.4, -0.2) is 49.9 Å². The van der Waals surface area contributed by atoms with Gasteiger partial charge in [-0.3, -0.25) is 14.5 Å². The number of hydrogen-bond acceptors (Lipinski definition) is 5. The van der Waals surface area contributed by atoms with Gasteiger partial charge in [0.25, 0.3) is 0 Å². The molecule has 172 valence electrons. The van der Waals surface area contributed by atoms with Crippen molar-refractivity contribution in [3.63, 3.8) is 0 Å². The normalized spacial score (nSPS) is 14.7. The molecule has 1 amide bonds. The van der Waals surface area contributed by atoms with E-state index in [1.807, 2.05) is 25.1 Å². The van der Waals surface area contributed by atoms with Gasteiger partial charge < -0.3 is 14.8 Å². The van der Waals surface area contributed by atoms with Crippen molar-refractivity contribution < 1.29 is 19.1 Å². The van der Waals surface area contributed by atoms with Crippen molar-refractivity contribution in [1.82, 2.24) is 10.2 Å². The van der Waals surface area contributed by atoms with E-state index in [1.165, 1.54) is 12.8 Å². The van der Waals surface area contributed by atoms with E-state index >= 15 is 0 Å². The van der Waals surface area contributed by atoms with Crippen molar-refractivity contribution in [3.05, 3.63) is 59.7 Å². The van der Waals surface area contributed by atoms with Gasteiger partial charge in [-0.2, -0.15) is 0 Å². The van der Waals surface area contributed by atoms with Crippen LogP contribution in [0, 0.1) is 0 Å². The van der Waals surface area contributed by atoms with Crippen molar-refractivity contribution in [2.45, 2.75) is 45.1 Å². The van der Waals surface area contributed by atoms with Crippen molar-refractivity contribution in [3.8, 4) is 11.5 Å². The zero-order valence-corrected chi connectivity index (χ0v) is 19.1. The van der Waals surface area contributed by atoms with E-state index in [9.17, 15) is 9.59 Å². The number of rotatable bonds is 12. The number of Topliss-reactive ketones (excluding diaryl/α,β-unsaturated/α-hetero) is 1. The minimum absolute atomic E-state index is 0.0360. The van der Waals surface area contributed by atoms with Gasteiger partial charge in [0.2, 0.25) is 5.91 Å². The average Bonchev–Trinajstić information content (AvgIpc) is 3.36. The summed E-state index contributed by atoms with van der Waals surface area (Å²) in [4.78, 5) is 27.4. The fourth-order valence-electron chi connectivity index (χ4n) is 3.99. The second-order valence-electron chi connectivity index (χ2n) is 8.14. The maximum atomic E-state index is 12.5. The van der Waals surface area contributed by atoms with Gasteiger partial charge in [-0.25, -0.2) is 0 Å². The third-order valence-corrected chi connectivity index (χ3v) is 5.78. The first kappa shape index (κ1) is 23.8. The Hall–Kier alpha value is -2.86. The third-order valence-electron chi connectivity index (χ3n) is 5.78. The lowest BCUT2D eigenvalue weighted by Crippen LogP contribution is -2.36. The quantitative estimate of drug-likeness (QED) is 0.498. The number of benzene rings is 2. The molecule has 2 aromatic rings. The molecule has 1 atom stereocenters. The highest BCUT2D eigenvalue weighted by Crippen LogP contribution is 2.27. The van der Waals surface area contributed by atoms with E-state index < -0.39 is 0 Å². The first-order chi connectivity index (χ1) is 15.6. The molecule has 1 aliphatic heterocycles. The van der Waals surface area contributed by atoms with Gasteiger partial charge in [0.15, 0.2) is 5.78 Å². The van der Waals surface area contributed by atoms with Gasteiger partial charge in [-0.15, -0.1) is 0 Å². The molecule has 0 radical (unpaired) electrons. The first-order valence-electron chi connectivity index (χ1n) is 11.5. The Morgan fingerprint density at radius 2 is 1.78 bits per heavy atom. The molecular formula is C26H34N2O4. The molecule has 1 aliphatic rings. The van der Waals surface area contributed by atoms with Crippen LogP contribution in [0.5, 0.6) is 11.5 Å². The zero-order valence-electron chi connectivity index (χ0n) is 19.1. The maximum absolute atomic E-state index is 12.5. The van der Waals surface area contributed by atoms with Gasteiger partial charge in [-0.1, -0.05) is 19.1 Å². The molecule has 1 unspecified atom stereocenters. The summed E-state index contributed by atoms with van der Waals surface area (Å²) in [5.41, 5.74) is 1.74. The number of ketones is 1. The van der Waals surface area contributed by atoms with Crippen molar-refractivity contribution in [2.75, 3.05) is 33.4 Å². The molecule has 0 bridgehead atoms. The summed E-state index contributed by atoms with van der Waals surface area (Å²) in [6.45, 7) is 5.26. The SMILES string of the molecule is CCCOc1ccc(C(=O)CCC(=O)NCC(c2cccc(OC)c2)N2CCCC2)cc1. The largest absolute Gasteiger partial charge is 0.497 e. The van der Waals surface area contributed by atoms with Crippen LogP contribution in [0.2, 0.25) is 0 Å². The molecule has 0 aliphatic carbocycles. The molecule has 1 fully saturated rings. The predicted octanol–water partition coefficient (Wildman–Crippen LogP) is 4.40. The summed E-state index contributed by atoms with van der Waals surface area (Å²) in [6.07, 6.45) is 3.65. The zero-order chi connectivity index (χ0) is 22.8. The van der Waals surface area contributed by atoms with E-state index in [1.54, 1.807) is 31.4 Å². The number of likely N-dealkylation sites (tertiary alicyclic amines) is 1. The number of nitrogens with one attached hydrogen (secondary N) is 1. The minimum Gasteiger partial charge on any atom is -0.497 e. The molecule has 32 heavy (non-hydrogen) atoms. The molecule has 3 rings (SSSR count). The van der Waals surface area contributed by atoms with Gasteiger partial charge in [0, 0.05) is 24.9 Å². The summed E-state index contributed by atoms with van der Waals surface area (Å²) in [5.74, 6) is 1.43. The summed E-state index contributed by atoms with van der Waals surface area (Å²) in [7, 11) is 1.66. The Balaban J connectivity index is 1.51. The number of ether oxygens (including phenoxy) is 2. The Morgan fingerprint density at radius 3 is 2.47 bits per heavy atom. The number of hydrogen-bond donors (Lipinski definition) is 1. The molecule has 1 N–H and O–H groups in total. The van der Waals surface area contributed by atoms with Gasteiger partial charge >= 0.3 is 0 Å². The van der Waals surface area contributed by atoms with Crippen molar-refractivity contribution in [2.24, 2.45) is 0 Å². The number of methoxy groups -OCH3 is 1. The highest BCUT2D eigenvalue weighted by molar-refractivity contribution is 5.98. The van der Waals surface area contributed by atoms with E-state index in [0.717, 1.165) is 36.6 Å². The Kier molecular flexibility index (Phi) is 9.11. The summed E-state index contributed by atoms with van der Waals surface area (Å²) >= 11 is 0. The highest BCUT2D eigenvalue weighted by Gasteiger charge is 2.24. The molecule has 0 aromatic heterocycles. The van der Waals surface area contributed by atoms with Gasteiger partial charge in [0.1, 0.15) is 11.5 Å². The monoisotopic (exact) mass is 438 g/mol. The molecule has 1 heterocycles. The van der Waals surface area contributed by atoms with Crippen LogP contribution >= 0.6 is 0 Å². The first-order valence-corrected chi connectivity index (χ1v) is 11.5. The molecular weight excluding hydrogens is 404 g/mol. The van der Waals surface area contributed by atoms with Gasteiger partial charge in [-0.05, 0) is 74.3 Å². The Bertz CT molecular complexity index is 876. The van der Waals surface area contributed by atoms with E-state index in [4.69, 9.17) is 9.47 Å². The van der Waals surface area contributed by atoms with Gasteiger partial charge in [0.05, 0.1) is 19.8 Å². The summed E-state index contributed by atoms with van der Waals surface area (Å²) in [6, 6.07) is 15.3. The van der Waals surface area contributed by atoms with Crippen LogP contribution in [0.1, 0.15) is 61.0 Å². The molecule has 2 aromatic carbocycles. The number of amides is 1. The Morgan fingerprint density at radius 1 is 1.03 bits per heavy atom. The number of nitrogens with zero attached hydrogens (tertiary/aromatic N) is 1. The van der Waals surface area contributed by atoms with E-state index in [-0.39, 0.29) is 30.6 Å². The molecule has 0 saturated carbocycles. The van der Waals surface area contributed by atoms with E-state index in [2.05, 4.69) is 16.3 Å². The topological polar surface area (TPSA) is 67.9 Å². The molecule has 0 spiro atoms. The molecule has 6 nitrogen and oxygen atoms in total. The molecule has 1 saturated heterocycles. The average molecular weight is 439 g/mol. The predicted molar refractivity (Wildman–Crippen MR) is 125 cm³/mol. The smallest absolute Gasteiger partial charge is 0.220 e. The third kappa shape index (κ3) is 6.82. The lowest BCUT2D eigenvalue weighted by Gasteiger charge is -2.28. The van der Waals surface area contributed by atoms with Crippen LogP contribution in [0.4, 0.5) is 0 Å². The fraction of sp³-hybridized carbons (Fsp3) is 0.462. The van der Waals surface area contributed by atoms with Crippen molar-refractivity contribution >= 4 is 11.7 Å². The summed E-state index contributed by atoms with van der Waals surface area (Å²) < 4.78 is 10.9. The maximum Gasteiger partial charge on any atom is 0.220 e. The van der Waals surface area contributed by atoms with Crippen LogP contribution < -0.4 is 14.8 Å².